The van der Waals surface area contributed by atoms with Crippen molar-refractivity contribution in [2.45, 2.75) is 57.2 Å². The van der Waals surface area contributed by atoms with Gasteiger partial charge in [0.15, 0.2) is 0 Å². The van der Waals surface area contributed by atoms with Gasteiger partial charge in [0.25, 0.3) is 5.91 Å². The zero-order valence-corrected chi connectivity index (χ0v) is 19.2. The van der Waals surface area contributed by atoms with Crippen LogP contribution < -0.4 is 4.74 Å². The van der Waals surface area contributed by atoms with E-state index >= 15 is 0 Å². The van der Waals surface area contributed by atoms with Gasteiger partial charge in [-0.2, -0.15) is 0 Å². The molecular weight excluding hydrogens is 412 g/mol. The van der Waals surface area contributed by atoms with Crippen molar-refractivity contribution in [2.24, 2.45) is 0 Å². The highest BCUT2D eigenvalue weighted by Crippen LogP contribution is 2.41. The molecule has 2 saturated heterocycles. The molecule has 0 radical (unpaired) electrons. The van der Waals surface area contributed by atoms with E-state index in [1.54, 1.807) is 0 Å². The van der Waals surface area contributed by atoms with Gasteiger partial charge in [-0.05, 0) is 78.9 Å². The van der Waals surface area contributed by atoms with Crippen molar-refractivity contribution >= 4 is 16.7 Å². The van der Waals surface area contributed by atoms with Crippen LogP contribution in [-0.4, -0.2) is 47.2 Å². The van der Waals surface area contributed by atoms with Gasteiger partial charge in [-0.3, -0.25) is 9.78 Å². The lowest BCUT2D eigenvalue weighted by Gasteiger charge is -2.45. The van der Waals surface area contributed by atoms with Gasteiger partial charge in [0.05, 0.1) is 0 Å². The number of rotatable bonds is 2. The summed E-state index contributed by atoms with van der Waals surface area (Å²) in [6.07, 6.45) is 7.32. The molecule has 1 atom stereocenters. The van der Waals surface area contributed by atoms with Crippen molar-refractivity contribution in [1.82, 2.24) is 9.88 Å². The van der Waals surface area contributed by atoms with Crippen LogP contribution >= 0.6 is 0 Å². The first-order valence-electron chi connectivity index (χ1n) is 12.2. The number of aromatic nitrogens is 1. The van der Waals surface area contributed by atoms with Crippen LogP contribution in [0.1, 0.15) is 43.4 Å². The highest BCUT2D eigenvalue weighted by molar-refractivity contribution is 5.88. The zero-order valence-electron chi connectivity index (χ0n) is 19.2. The smallest absolute Gasteiger partial charge is 0.251 e. The maximum atomic E-state index is 12.7. The monoisotopic (exact) mass is 442 g/mol. The van der Waals surface area contributed by atoms with Gasteiger partial charge < -0.3 is 14.4 Å². The second kappa shape index (κ2) is 8.14. The molecule has 0 saturated carbocycles. The van der Waals surface area contributed by atoms with Gasteiger partial charge in [-0.1, -0.05) is 18.2 Å². The Bertz CT molecular complexity index is 1210. The van der Waals surface area contributed by atoms with Gasteiger partial charge in [-0.15, -0.1) is 0 Å². The highest BCUT2D eigenvalue weighted by Gasteiger charge is 2.41. The minimum Gasteiger partial charge on any atom is -0.487 e. The Morgan fingerprint density at radius 1 is 1.06 bits per heavy atom. The fourth-order valence-electron chi connectivity index (χ4n) is 5.67. The molecule has 2 aromatic carbocycles. The average Bonchev–Trinajstić information content (AvgIpc) is 3.39. The summed E-state index contributed by atoms with van der Waals surface area (Å²) in [5.41, 5.74) is 4.64. The Labute approximate surface area is 194 Å². The third-order valence-corrected chi connectivity index (χ3v) is 7.73. The third kappa shape index (κ3) is 3.78. The summed E-state index contributed by atoms with van der Waals surface area (Å²) in [7, 11) is 0. The number of nitrogens with zero attached hydrogens (tertiary/aromatic N) is 2. The van der Waals surface area contributed by atoms with Gasteiger partial charge in [0.2, 0.25) is 0 Å². The van der Waals surface area contributed by atoms with Crippen LogP contribution in [0.2, 0.25) is 0 Å². The maximum Gasteiger partial charge on any atom is 0.251 e. The lowest BCUT2D eigenvalue weighted by molar-refractivity contribution is -0.144. The molecule has 33 heavy (non-hydrogen) atoms. The van der Waals surface area contributed by atoms with Crippen molar-refractivity contribution in [3.8, 4) is 16.9 Å². The van der Waals surface area contributed by atoms with E-state index in [9.17, 15) is 4.79 Å². The standard InChI is InChI=1S/C28H30N2O3/c1-19-24-6-4-20(17-22(24)9-13-29-19)21-5-7-25-23(18-21)8-10-28(33-25)11-14-30(15-12-28)27(31)26-3-2-16-32-26/h4-7,9,13,17-18,26H,2-3,8,10-12,14-16H2,1H3/t26-/m1/s1. The molecule has 0 bridgehead atoms. The van der Waals surface area contributed by atoms with Crippen LogP contribution in [0.4, 0.5) is 0 Å². The number of carbonyl (C=O) groups is 1. The lowest BCUT2D eigenvalue weighted by Crippen LogP contribution is -2.52. The Morgan fingerprint density at radius 2 is 1.88 bits per heavy atom. The molecule has 4 heterocycles. The van der Waals surface area contributed by atoms with Crippen LogP contribution in [0.15, 0.2) is 48.7 Å². The van der Waals surface area contributed by atoms with E-state index < -0.39 is 0 Å². The van der Waals surface area contributed by atoms with Crippen LogP contribution in [-0.2, 0) is 16.0 Å². The topological polar surface area (TPSA) is 51.7 Å². The first-order chi connectivity index (χ1) is 16.1. The second-order valence-corrected chi connectivity index (χ2v) is 9.77. The summed E-state index contributed by atoms with van der Waals surface area (Å²) in [5, 5.41) is 2.42. The molecule has 3 aliphatic rings. The van der Waals surface area contributed by atoms with E-state index in [2.05, 4.69) is 54.4 Å². The molecule has 1 spiro atoms. The number of hydrogen-bond donors (Lipinski definition) is 0. The number of carbonyl (C=O) groups excluding carboxylic acids is 1. The van der Waals surface area contributed by atoms with E-state index in [4.69, 9.17) is 9.47 Å². The molecule has 5 heteroatoms. The van der Waals surface area contributed by atoms with Crippen LogP contribution in [0.5, 0.6) is 5.75 Å². The normalized spacial score (nSPS) is 21.7. The lowest BCUT2D eigenvalue weighted by atomic mass is 9.82. The summed E-state index contributed by atoms with van der Waals surface area (Å²) >= 11 is 0. The van der Waals surface area contributed by atoms with Gasteiger partial charge >= 0.3 is 0 Å². The van der Waals surface area contributed by atoms with Crippen molar-refractivity contribution < 1.29 is 14.3 Å². The summed E-state index contributed by atoms with van der Waals surface area (Å²) < 4.78 is 12.2. The molecule has 0 N–H and O–H groups in total. The molecular formula is C28H30N2O3. The molecule has 3 aliphatic heterocycles. The SMILES string of the molecule is Cc1nccc2cc(-c3ccc4c(c3)CCC3(CCN(C(=O)[C@H]5CCCO5)CC3)O4)ccc12. The molecule has 0 aliphatic carbocycles. The molecule has 1 amide bonds. The predicted molar refractivity (Wildman–Crippen MR) is 128 cm³/mol. The minimum absolute atomic E-state index is 0.144. The largest absolute Gasteiger partial charge is 0.487 e. The fourth-order valence-corrected chi connectivity index (χ4v) is 5.67. The quantitative estimate of drug-likeness (QED) is 0.556. The molecule has 6 rings (SSSR count). The van der Waals surface area contributed by atoms with Crippen molar-refractivity contribution in [1.29, 1.82) is 0 Å². The second-order valence-electron chi connectivity index (χ2n) is 9.77. The number of hydrogen-bond acceptors (Lipinski definition) is 4. The minimum atomic E-state index is -0.222. The van der Waals surface area contributed by atoms with Crippen molar-refractivity contribution in [3.05, 3.63) is 59.9 Å². The number of pyridine rings is 1. The van der Waals surface area contributed by atoms with E-state index in [1.807, 2.05) is 11.1 Å². The maximum absolute atomic E-state index is 12.7. The Morgan fingerprint density at radius 3 is 2.70 bits per heavy atom. The summed E-state index contributed by atoms with van der Waals surface area (Å²) in [4.78, 5) is 19.1. The van der Waals surface area contributed by atoms with Gasteiger partial charge in [-0.25, -0.2) is 0 Å². The average molecular weight is 443 g/mol. The number of amides is 1. The Hall–Kier alpha value is -2.92. The van der Waals surface area contributed by atoms with Crippen molar-refractivity contribution in [3.63, 3.8) is 0 Å². The number of aryl methyl sites for hydroxylation is 2. The van der Waals surface area contributed by atoms with Crippen LogP contribution in [0.3, 0.4) is 0 Å². The number of likely N-dealkylation sites (tertiary alicyclic amines) is 1. The number of piperidine rings is 1. The van der Waals surface area contributed by atoms with E-state index in [-0.39, 0.29) is 17.6 Å². The third-order valence-electron chi connectivity index (χ3n) is 7.73. The highest BCUT2D eigenvalue weighted by atomic mass is 16.5. The molecule has 3 aromatic rings. The number of benzene rings is 2. The summed E-state index contributed by atoms with van der Waals surface area (Å²) in [6.45, 7) is 4.29. The molecule has 170 valence electrons. The van der Waals surface area contributed by atoms with Gasteiger partial charge in [0, 0.05) is 49.8 Å². The van der Waals surface area contributed by atoms with Gasteiger partial charge in [0.1, 0.15) is 17.5 Å². The first kappa shape index (κ1) is 20.7. The predicted octanol–water partition coefficient (Wildman–Crippen LogP) is 5.08. The summed E-state index contributed by atoms with van der Waals surface area (Å²) in [5.74, 6) is 1.18. The van der Waals surface area contributed by atoms with Crippen LogP contribution in [0.25, 0.3) is 21.9 Å². The van der Waals surface area contributed by atoms with Crippen LogP contribution in [0, 0.1) is 6.92 Å². The Balaban J connectivity index is 1.17. The number of fused-ring (bicyclic) bond motifs is 2. The van der Waals surface area contributed by atoms with E-state index in [0.717, 1.165) is 63.1 Å². The van der Waals surface area contributed by atoms with E-state index in [1.165, 1.54) is 27.5 Å². The number of ether oxygens (including phenoxy) is 2. The zero-order chi connectivity index (χ0) is 22.4. The molecule has 5 nitrogen and oxygen atoms in total. The Kier molecular flexibility index (Phi) is 5.10. The molecule has 0 unspecified atom stereocenters. The first-order valence-corrected chi connectivity index (χ1v) is 12.2. The van der Waals surface area contributed by atoms with E-state index in [0.29, 0.717) is 6.61 Å². The van der Waals surface area contributed by atoms with Crippen molar-refractivity contribution in [2.75, 3.05) is 19.7 Å². The molecule has 1 aromatic heterocycles. The summed E-state index contributed by atoms with van der Waals surface area (Å²) in [6, 6.07) is 15.3. The molecule has 2 fully saturated rings. The fraction of sp³-hybridized carbons (Fsp3) is 0.429.